The van der Waals surface area contributed by atoms with Crippen molar-refractivity contribution in [1.29, 1.82) is 0 Å². The second-order valence-corrected chi connectivity index (χ2v) is 4.42. The highest BCUT2D eigenvalue weighted by Crippen LogP contribution is 2.24. The van der Waals surface area contributed by atoms with Gasteiger partial charge >= 0.3 is 0 Å². The molecule has 0 spiro atoms. The van der Waals surface area contributed by atoms with Crippen molar-refractivity contribution in [2.75, 3.05) is 0 Å². The van der Waals surface area contributed by atoms with E-state index in [-0.39, 0.29) is 0 Å². The monoisotopic (exact) mass is 252 g/mol. The van der Waals surface area contributed by atoms with Crippen LogP contribution in [0.5, 0.6) is 0 Å². The third kappa shape index (κ3) is 1.57. The van der Waals surface area contributed by atoms with Crippen LogP contribution in [0.1, 0.15) is 32.0 Å². The lowest BCUT2D eigenvalue weighted by atomic mass is 10.1. The van der Waals surface area contributed by atoms with Crippen LogP contribution in [0.2, 0.25) is 0 Å². The molecule has 74 valence electrons. The molecule has 0 aliphatic rings. The Kier molecular flexibility index (Phi) is 2.59. The van der Waals surface area contributed by atoms with E-state index in [2.05, 4.69) is 45.8 Å². The molecular weight excluding hydrogens is 240 g/mol. The van der Waals surface area contributed by atoms with E-state index < -0.39 is 0 Å². The molecular formula is C11H13BrN2. The standard InChI is InChI=1S/C11H13BrN2/c1-3-7(2)11-13-9-6-4-5-8(12)10(9)14-11/h4-7H,3H2,1-2H3,(H,13,14). The second-order valence-electron chi connectivity index (χ2n) is 3.57. The number of hydrogen-bond donors (Lipinski definition) is 1. The van der Waals surface area contributed by atoms with Crippen molar-refractivity contribution in [3.8, 4) is 0 Å². The minimum atomic E-state index is 0.495. The Morgan fingerprint density at radius 2 is 2.29 bits per heavy atom. The van der Waals surface area contributed by atoms with Gasteiger partial charge in [0, 0.05) is 10.4 Å². The van der Waals surface area contributed by atoms with Gasteiger partial charge in [-0.2, -0.15) is 0 Å². The van der Waals surface area contributed by atoms with Crippen LogP contribution in [0.25, 0.3) is 11.0 Å². The number of nitrogens with one attached hydrogen (secondary N) is 1. The lowest BCUT2D eigenvalue weighted by molar-refractivity contribution is 0.692. The summed E-state index contributed by atoms with van der Waals surface area (Å²) in [4.78, 5) is 7.93. The Hall–Kier alpha value is -0.830. The maximum absolute atomic E-state index is 4.58. The summed E-state index contributed by atoms with van der Waals surface area (Å²) in [6, 6.07) is 6.09. The Labute approximate surface area is 91.9 Å². The first-order valence-corrected chi connectivity index (χ1v) is 5.65. The number of aromatic nitrogens is 2. The average Bonchev–Trinajstić information content (AvgIpc) is 2.62. The van der Waals surface area contributed by atoms with Crippen LogP contribution in [0.4, 0.5) is 0 Å². The number of hydrogen-bond acceptors (Lipinski definition) is 1. The number of benzene rings is 1. The average molecular weight is 253 g/mol. The third-order valence-electron chi connectivity index (χ3n) is 2.56. The number of rotatable bonds is 2. The van der Waals surface area contributed by atoms with E-state index in [0.717, 1.165) is 27.8 Å². The first-order chi connectivity index (χ1) is 6.72. The molecule has 1 N–H and O–H groups in total. The minimum absolute atomic E-state index is 0.495. The number of aromatic amines is 1. The SMILES string of the molecule is CCC(C)c1nc2c(Br)cccc2[nH]1. The minimum Gasteiger partial charge on any atom is -0.342 e. The first kappa shape index (κ1) is 9.71. The summed E-state index contributed by atoms with van der Waals surface area (Å²) in [5, 5.41) is 0. The van der Waals surface area contributed by atoms with Crippen molar-refractivity contribution in [2.24, 2.45) is 0 Å². The molecule has 1 heterocycles. The molecule has 0 saturated heterocycles. The van der Waals surface area contributed by atoms with E-state index in [9.17, 15) is 0 Å². The maximum Gasteiger partial charge on any atom is 0.110 e. The van der Waals surface area contributed by atoms with Crippen molar-refractivity contribution in [3.63, 3.8) is 0 Å². The zero-order valence-corrected chi connectivity index (χ0v) is 9.93. The van der Waals surface area contributed by atoms with Gasteiger partial charge < -0.3 is 4.98 Å². The van der Waals surface area contributed by atoms with Crippen molar-refractivity contribution >= 4 is 27.0 Å². The third-order valence-corrected chi connectivity index (χ3v) is 3.20. The topological polar surface area (TPSA) is 28.7 Å². The molecule has 1 aromatic carbocycles. The Morgan fingerprint density at radius 1 is 1.50 bits per heavy atom. The normalized spacial score (nSPS) is 13.4. The molecule has 0 fully saturated rings. The van der Waals surface area contributed by atoms with Crippen LogP contribution in [0, 0.1) is 0 Å². The quantitative estimate of drug-likeness (QED) is 0.865. The predicted molar refractivity (Wildman–Crippen MR) is 62.5 cm³/mol. The van der Waals surface area contributed by atoms with Gasteiger partial charge in [0.2, 0.25) is 0 Å². The summed E-state index contributed by atoms with van der Waals surface area (Å²) in [7, 11) is 0. The van der Waals surface area contributed by atoms with Crippen LogP contribution in [0.15, 0.2) is 22.7 Å². The molecule has 1 aromatic heterocycles. The van der Waals surface area contributed by atoms with E-state index >= 15 is 0 Å². The molecule has 3 heteroatoms. The van der Waals surface area contributed by atoms with E-state index in [1.807, 2.05) is 12.1 Å². The zero-order valence-electron chi connectivity index (χ0n) is 8.34. The van der Waals surface area contributed by atoms with Gasteiger partial charge in [0.1, 0.15) is 11.3 Å². The van der Waals surface area contributed by atoms with Gasteiger partial charge in [-0.3, -0.25) is 0 Å². The molecule has 0 radical (unpaired) electrons. The summed E-state index contributed by atoms with van der Waals surface area (Å²) in [5.41, 5.74) is 2.14. The molecule has 0 aliphatic carbocycles. The van der Waals surface area contributed by atoms with Crippen LogP contribution in [-0.2, 0) is 0 Å². The van der Waals surface area contributed by atoms with Crippen LogP contribution in [0.3, 0.4) is 0 Å². The summed E-state index contributed by atoms with van der Waals surface area (Å²) in [5.74, 6) is 1.57. The van der Waals surface area contributed by atoms with Crippen molar-refractivity contribution < 1.29 is 0 Å². The first-order valence-electron chi connectivity index (χ1n) is 4.86. The van der Waals surface area contributed by atoms with Crippen molar-refractivity contribution in [2.45, 2.75) is 26.2 Å². The van der Waals surface area contributed by atoms with Gasteiger partial charge in [-0.15, -0.1) is 0 Å². The number of para-hydroxylation sites is 1. The largest absolute Gasteiger partial charge is 0.342 e. The number of fused-ring (bicyclic) bond motifs is 1. The molecule has 0 saturated carbocycles. The molecule has 14 heavy (non-hydrogen) atoms. The van der Waals surface area contributed by atoms with Crippen molar-refractivity contribution in [1.82, 2.24) is 9.97 Å². The number of halogens is 1. The second kappa shape index (κ2) is 3.73. The van der Waals surface area contributed by atoms with Crippen LogP contribution < -0.4 is 0 Å². The van der Waals surface area contributed by atoms with E-state index in [1.165, 1.54) is 0 Å². The van der Waals surface area contributed by atoms with Gasteiger partial charge in [-0.05, 0) is 34.5 Å². The smallest absolute Gasteiger partial charge is 0.110 e. The number of nitrogens with zero attached hydrogens (tertiary/aromatic N) is 1. The van der Waals surface area contributed by atoms with Gasteiger partial charge in [0.05, 0.1) is 5.52 Å². The molecule has 0 amide bonds. The number of imidazole rings is 1. The Bertz CT molecular complexity index is 447. The van der Waals surface area contributed by atoms with E-state index in [0.29, 0.717) is 5.92 Å². The Morgan fingerprint density at radius 3 is 2.93 bits per heavy atom. The fourth-order valence-corrected chi connectivity index (χ4v) is 1.90. The number of H-pyrrole nitrogens is 1. The van der Waals surface area contributed by atoms with Crippen molar-refractivity contribution in [3.05, 3.63) is 28.5 Å². The van der Waals surface area contributed by atoms with Crippen LogP contribution in [-0.4, -0.2) is 9.97 Å². The molecule has 2 aromatic rings. The summed E-state index contributed by atoms with van der Waals surface area (Å²) in [6.45, 7) is 4.36. The van der Waals surface area contributed by atoms with Gasteiger partial charge in [-0.25, -0.2) is 4.98 Å². The Balaban J connectivity index is 2.56. The molecule has 2 rings (SSSR count). The highest BCUT2D eigenvalue weighted by Gasteiger charge is 2.09. The fourth-order valence-electron chi connectivity index (χ4n) is 1.44. The highest BCUT2D eigenvalue weighted by atomic mass is 79.9. The molecule has 2 nitrogen and oxygen atoms in total. The fraction of sp³-hybridized carbons (Fsp3) is 0.364. The van der Waals surface area contributed by atoms with Crippen LogP contribution >= 0.6 is 15.9 Å². The van der Waals surface area contributed by atoms with Gasteiger partial charge in [0.15, 0.2) is 0 Å². The lowest BCUT2D eigenvalue weighted by Crippen LogP contribution is -1.92. The lowest BCUT2D eigenvalue weighted by Gasteiger charge is -2.01. The van der Waals surface area contributed by atoms with Gasteiger partial charge in [-0.1, -0.05) is 19.9 Å². The van der Waals surface area contributed by atoms with Gasteiger partial charge in [0.25, 0.3) is 0 Å². The summed E-state index contributed by atoms with van der Waals surface area (Å²) in [6.07, 6.45) is 1.11. The zero-order chi connectivity index (χ0) is 10.1. The highest BCUT2D eigenvalue weighted by molar-refractivity contribution is 9.10. The van der Waals surface area contributed by atoms with E-state index in [1.54, 1.807) is 0 Å². The summed E-state index contributed by atoms with van der Waals surface area (Å²) < 4.78 is 1.06. The van der Waals surface area contributed by atoms with E-state index in [4.69, 9.17) is 0 Å². The molecule has 1 atom stereocenters. The molecule has 0 bridgehead atoms. The predicted octanol–water partition coefficient (Wildman–Crippen LogP) is 3.84. The molecule has 0 aliphatic heterocycles. The maximum atomic E-state index is 4.58. The molecule has 1 unspecified atom stereocenters. The summed E-state index contributed by atoms with van der Waals surface area (Å²) >= 11 is 3.50.